The van der Waals surface area contributed by atoms with Gasteiger partial charge in [0.05, 0.1) is 18.4 Å². The number of allylic oxidation sites excluding steroid dienone is 2. The van der Waals surface area contributed by atoms with Crippen molar-refractivity contribution in [3.8, 4) is 10.6 Å². The Kier molecular flexibility index (Phi) is 4.94. The third-order valence-corrected chi connectivity index (χ3v) is 5.47. The first-order valence-electron chi connectivity index (χ1n) is 8.00. The van der Waals surface area contributed by atoms with E-state index in [0.717, 1.165) is 15.4 Å². The topological polar surface area (TPSA) is 48.4 Å². The van der Waals surface area contributed by atoms with E-state index in [0.29, 0.717) is 23.4 Å². The average molecular weight is 391 g/mol. The first-order chi connectivity index (χ1) is 12.2. The Labute approximate surface area is 160 Å². The Morgan fingerprint density at radius 3 is 2.58 bits per heavy atom. The van der Waals surface area contributed by atoms with Gasteiger partial charge < -0.3 is 9.47 Å². The summed E-state index contributed by atoms with van der Waals surface area (Å²) in [6.07, 6.45) is 0.312. The zero-order valence-corrected chi connectivity index (χ0v) is 16.5. The summed E-state index contributed by atoms with van der Waals surface area (Å²) in [6.45, 7) is 5.75. The van der Waals surface area contributed by atoms with E-state index < -0.39 is 5.41 Å². The first-order valence-corrected chi connectivity index (χ1v) is 9.23. The molecule has 0 fully saturated rings. The minimum Gasteiger partial charge on any atom is -0.460 e. The van der Waals surface area contributed by atoms with Gasteiger partial charge in [-0.2, -0.15) is 0 Å². The van der Waals surface area contributed by atoms with E-state index in [4.69, 9.17) is 21.7 Å². The Morgan fingerprint density at radius 1 is 1.31 bits per heavy atom. The number of aryl methyl sites for hydroxylation is 1. The van der Waals surface area contributed by atoms with E-state index >= 15 is 0 Å². The SMILES string of the molecule is COC(=S)OC1=C(c2nc(-c3ccc(F)cc3)sc2C)C(=O)CC1(C)C. The zero-order valence-electron chi connectivity index (χ0n) is 14.9. The smallest absolute Gasteiger partial charge is 0.357 e. The normalized spacial score (nSPS) is 16.1. The summed E-state index contributed by atoms with van der Waals surface area (Å²) in [5.41, 5.74) is 1.32. The van der Waals surface area contributed by atoms with E-state index in [-0.39, 0.29) is 16.8 Å². The number of aromatic nitrogens is 1. The van der Waals surface area contributed by atoms with Crippen LogP contribution in [0.3, 0.4) is 0 Å². The Bertz CT molecular complexity index is 913. The number of benzene rings is 1. The number of Topliss-reactive ketones (excluding diaryl/α,β-unsaturated/α-hetero) is 1. The monoisotopic (exact) mass is 391 g/mol. The second kappa shape index (κ2) is 6.89. The van der Waals surface area contributed by atoms with E-state index in [1.807, 2.05) is 20.8 Å². The van der Waals surface area contributed by atoms with Crippen molar-refractivity contribution in [3.63, 3.8) is 0 Å². The number of thiocarbonyl (C=S) groups is 1. The fourth-order valence-corrected chi connectivity index (χ4v) is 3.94. The van der Waals surface area contributed by atoms with E-state index in [2.05, 4.69) is 4.98 Å². The molecule has 0 saturated carbocycles. The van der Waals surface area contributed by atoms with Gasteiger partial charge in [-0.05, 0) is 31.2 Å². The molecule has 1 aliphatic carbocycles. The molecule has 0 radical (unpaired) electrons. The van der Waals surface area contributed by atoms with E-state index in [9.17, 15) is 9.18 Å². The van der Waals surface area contributed by atoms with Crippen LogP contribution in [0.15, 0.2) is 30.0 Å². The number of methoxy groups -OCH3 is 1. The molecule has 4 nitrogen and oxygen atoms in total. The lowest BCUT2D eigenvalue weighted by molar-refractivity contribution is -0.114. The third kappa shape index (κ3) is 3.41. The van der Waals surface area contributed by atoms with Gasteiger partial charge in [-0.25, -0.2) is 9.37 Å². The van der Waals surface area contributed by atoms with E-state index in [1.165, 1.54) is 30.6 Å². The van der Waals surface area contributed by atoms with Crippen molar-refractivity contribution < 1.29 is 18.7 Å². The Morgan fingerprint density at radius 2 is 1.96 bits per heavy atom. The number of ether oxygens (including phenoxy) is 2. The molecule has 3 rings (SSSR count). The molecular weight excluding hydrogens is 373 g/mol. The second-order valence-corrected chi connectivity index (χ2v) is 8.21. The first kappa shape index (κ1) is 18.7. The van der Waals surface area contributed by atoms with Crippen LogP contribution >= 0.6 is 23.6 Å². The van der Waals surface area contributed by atoms with Crippen LogP contribution in [0.25, 0.3) is 16.1 Å². The molecule has 1 heterocycles. The van der Waals surface area contributed by atoms with Crippen molar-refractivity contribution in [2.24, 2.45) is 5.41 Å². The third-order valence-electron chi connectivity index (χ3n) is 4.20. The quantitative estimate of drug-likeness (QED) is 0.696. The van der Waals surface area contributed by atoms with Crippen LogP contribution in [0.1, 0.15) is 30.8 Å². The van der Waals surface area contributed by atoms with E-state index in [1.54, 1.807) is 12.1 Å². The summed E-state index contributed by atoms with van der Waals surface area (Å²) in [7, 11) is 1.42. The summed E-state index contributed by atoms with van der Waals surface area (Å²) in [4.78, 5) is 18.2. The summed E-state index contributed by atoms with van der Waals surface area (Å²) >= 11 is 6.47. The van der Waals surface area contributed by atoms with Crippen LogP contribution in [-0.4, -0.2) is 23.1 Å². The molecule has 0 spiro atoms. The Balaban J connectivity index is 2.11. The number of hydrogen-bond acceptors (Lipinski definition) is 6. The fourth-order valence-electron chi connectivity index (χ4n) is 2.93. The lowest BCUT2D eigenvalue weighted by atomic mass is 9.91. The predicted molar refractivity (Wildman–Crippen MR) is 103 cm³/mol. The average Bonchev–Trinajstić information content (AvgIpc) is 3.05. The highest BCUT2D eigenvalue weighted by Crippen LogP contribution is 2.46. The van der Waals surface area contributed by atoms with Crippen LogP contribution in [0.2, 0.25) is 0 Å². The molecule has 0 N–H and O–H groups in total. The van der Waals surface area contributed by atoms with Crippen molar-refractivity contribution in [3.05, 3.63) is 46.4 Å². The number of carbonyl (C=O) groups is 1. The minimum atomic E-state index is -0.499. The highest BCUT2D eigenvalue weighted by molar-refractivity contribution is 7.79. The van der Waals surface area contributed by atoms with Crippen LogP contribution in [0.4, 0.5) is 4.39 Å². The molecule has 0 atom stereocenters. The number of rotatable bonds is 3. The van der Waals surface area contributed by atoms with Crippen LogP contribution in [0.5, 0.6) is 0 Å². The molecule has 0 amide bonds. The van der Waals surface area contributed by atoms with Gasteiger partial charge in [0, 0.05) is 34.5 Å². The number of nitrogens with zero attached hydrogens (tertiary/aromatic N) is 1. The number of hydrogen-bond donors (Lipinski definition) is 0. The Hall–Kier alpha value is -2.12. The zero-order chi connectivity index (χ0) is 19.1. The van der Waals surface area contributed by atoms with Crippen molar-refractivity contribution >= 4 is 40.1 Å². The molecule has 26 heavy (non-hydrogen) atoms. The van der Waals surface area contributed by atoms with Gasteiger partial charge in [-0.3, -0.25) is 4.79 Å². The molecule has 0 bridgehead atoms. The maximum atomic E-state index is 13.2. The molecule has 136 valence electrons. The molecule has 1 aliphatic rings. The van der Waals surface area contributed by atoms with Crippen LogP contribution in [-0.2, 0) is 14.3 Å². The standard InChI is InChI=1S/C19H18FNO3S2/c1-10-15(21-17(26-10)11-5-7-12(20)8-6-11)14-13(22)9-19(2,3)16(14)24-18(25)23-4/h5-8H,9H2,1-4H3. The van der Waals surface area contributed by atoms with Gasteiger partial charge >= 0.3 is 5.24 Å². The van der Waals surface area contributed by atoms with Crippen molar-refractivity contribution in [1.82, 2.24) is 4.98 Å². The second-order valence-electron chi connectivity index (χ2n) is 6.67. The number of carbonyl (C=O) groups excluding carboxylic acids is 1. The van der Waals surface area contributed by atoms with Gasteiger partial charge in [0.25, 0.3) is 0 Å². The van der Waals surface area contributed by atoms with Crippen molar-refractivity contribution in [1.29, 1.82) is 0 Å². The molecule has 1 aromatic heterocycles. The maximum absolute atomic E-state index is 13.2. The molecule has 0 unspecified atom stereocenters. The molecule has 2 aromatic rings. The van der Waals surface area contributed by atoms with Gasteiger partial charge in [-0.1, -0.05) is 13.8 Å². The summed E-state index contributed by atoms with van der Waals surface area (Å²) < 4.78 is 23.8. The van der Waals surface area contributed by atoms with Crippen LogP contribution in [0, 0.1) is 18.2 Å². The fraction of sp³-hybridized carbons (Fsp3) is 0.316. The number of thiazole rings is 1. The van der Waals surface area contributed by atoms with Crippen LogP contribution < -0.4 is 0 Å². The summed E-state index contributed by atoms with van der Waals surface area (Å²) in [5.74, 6) is 0.137. The van der Waals surface area contributed by atoms with Crippen molar-refractivity contribution in [2.45, 2.75) is 27.2 Å². The van der Waals surface area contributed by atoms with Gasteiger partial charge in [0.1, 0.15) is 16.6 Å². The molecule has 0 aliphatic heterocycles. The highest BCUT2D eigenvalue weighted by atomic mass is 32.1. The van der Waals surface area contributed by atoms with Crippen molar-refractivity contribution in [2.75, 3.05) is 7.11 Å². The highest BCUT2D eigenvalue weighted by Gasteiger charge is 2.43. The lowest BCUT2D eigenvalue weighted by Gasteiger charge is -2.21. The maximum Gasteiger partial charge on any atom is 0.357 e. The lowest BCUT2D eigenvalue weighted by Crippen LogP contribution is -2.16. The largest absolute Gasteiger partial charge is 0.460 e. The summed E-state index contributed by atoms with van der Waals surface area (Å²) in [6, 6.07) is 6.12. The molecular formula is C19H18FNO3S2. The van der Waals surface area contributed by atoms with Gasteiger partial charge in [0.15, 0.2) is 5.78 Å². The van der Waals surface area contributed by atoms with Gasteiger partial charge in [0.2, 0.25) is 0 Å². The minimum absolute atomic E-state index is 0.0353. The predicted octanol–water partition coefficient (Wildman–Crippen LogP) is 4.92. The molecule has 0 saturated heterocycles. The molecule has 1 aromatic carbocycles. The molecule has 7 heteroatoms. The summed E-state index contributed by atoms with van der Waals surface area (Å²) in [5, 5.41) is 0.683. The number of halogens is 1. The number of ketones is 1. The van der Waals surface area contributed by atoms with Gasteiger partial charge in [-0.15, -0.1) is 11.3 Å².